The van der Waals surface area contributed by atoms with Gasteiger partial charge in [-0.05, 0) is 26.0 Å². The van der Waals surface area contributed by atoms with Gasteiger partial charge >= 0.3 is 0 Å². The van der Waals surface area contributed by atoms with Crippen LogP contribution in [0.2, 0.25) is 0 Å². The van der Waals surface area contributed by atoms with Crippen LogP contribution < -0.4 is 15.0 Å². The first-order chi connectivity index (χ1) is 9.99. The first-order valence-corrected chi connectivity index (χ1v) is 6.88. The van der Waals surface area contributed by atoms with Crippen LogP contribution in [0.15, 0.2) is 24.3 Å². The largest absolute Gasteiger partial charge is 0.491 e. The van der Waals surface area contributed by atoms with Gasteiger partial charge in [0, 0.05) is 26.7 Å². The van der Waals surface area contributed by atoms with Gasteiger partial charge in [-0.2, -0.15) is 15.0 Å². The van der Waals surface area contributed by atoms with Crippen molar-refractivity contribution >= 4 is 11.9 Å². The van der Waals surface area contributed by atoms with E-state index in [0.717, 1.165) is 11.3 Å². The molecule has 0 unspecified atom stereocenters. The van der Waals surface area contributed by atoms with Gasteiger partial charge in [-0.1, -0.05) is 12.1 Å². The smallest absolute Gasteiger partial charge is 0.230 e. The minimum Gasteiger partial charge on any atom is -0.491 e. The van der Waals surface area contributed by atoms with Gasteiger partial charge < -0.3 is 15.0 Å². The van der Waals surface area contributed by atoms with Gasteiger partial charge in [-0.15, -0.1) is 0 Å². The minimum atomic E-state index is 0.129. The highest BCUT2D eigenvalue weighted by molar-refractivity contribution is 5.60. The van der Waals surface area contributed by atoms with Crippen molar-refractivity contribution in [3.63, 3.8) is 0 Å². The molecule has 0 fully saturated rings. The first-order valence-electron chi connectivity index (χ1n) is 6.88. The maximum absolute atomic E-state index is 5.71. The predicted molar refractivity (Wildman–Crippen MR) is 84.9 cm³/mol. The van der Waals surface area contributed by atoms with Crippen molar-refractivity contribution < 1.29 is 4.74 Å². The molecule has 0 aliphatic heterocycles. The fourth-order valence-corrected chi connectivity index (χ4v) is 1.79. The van der Waals surface area contributed by atoms with E-state index in [-0.39, 0.29) is 6.10 Å². The van der Waals surface area contributed by atoms with E-state index < -0.39 is 0 Å². The molecule has 1 heterocycles. The van der Waals surface area contributed by atoms with E-state index in [2.05, 4.69) is 20.3 Å². The maximum Gasteiger partial charge on any atom is 0.230 e. The third-order valence-electron chi connectivity index (χ3n) is 2.71. The number of benzene rings is 1. The number of hydrogen-bond acceptors (Lipinski definition) is 6. The Kier molecular flexibility index (Phi) is 4.57. The third kappa shape index (κ3) is 3.81. The van der Waals surface area contributed by atoms with E-state index in [0.29, 0.717) is 17.7 Å². The van der Waals surface area contributed by atoms with Crippen molar-refractivity contribution in [1.82, 2.24) is 15.0 Å². The van der Waals surface area contributed by atoms with Crippen molar-refractivity contribution in [3.8, 4) is 17.1 Å². The van der Waals surface area contributed by atoms with E-state index in [1.807, 2.05) is 57.1 Å². The lowest BCUT2D eigenvalue weighted by molar-refractivity contribution is 0.242. The van der Waals surface area contributed by atoms with Crippen LogP contribution in [0.5, 0.6) is 5.75 Å². The van der Waals surface area contributed by atoms with Crippen LogP contribution in [0.4, 0.5) is 11.9 Å². The zero-order chi connectivity index (χ0) is 15.4. The van der Waals surface area contributed by atoms with E-state index in [1.165, 1.54) is 0 Å². The van der Waals surface area contributed by atoms with E-state index >= 15 is 0 Å². The fourth-order valence-electron chi connectivity index (χ4n) is 1.79. The van der Waals surface area contributed by atoms with Crippen LogP contribution in [0.1, 0.15) is 13.8 Å². The number of aromatic nitrogens is 3. The number of nitrogens with one attached hydrogen (secondary N) is 1. The van der Waals surface area contributed by atoms with Crippen molar-refractivity contribution in [2.75, 3.05) is 31.4 Å². The Hall–Kier alpha value is -2.37. The van der Waals surface area contributed by atoms with Gasteiger partial charge in [0.2, 0.25) is 11.9 Å². The van der Waals surface area contributed by atoms with Crippen LogP contribution in [0, 0.1) is 0 Å². The summed E-state index contributed by atoms with van der Waals surface area (Å²) in [6, 6.07) is 7.76. The Morgan fingerprint density at radius 1 is 1.14 bits per heavy atom. The fraction of sp³-hybridized carbons (Fsp3) is 0.400. The number of nitrogens with zero attached hydrogens (tertiary/aromatic N) is 4. The van der Waals surface area contributed by atoms with Gasteiger partial charge in [-0.3, -0.25) is 0 Å². The average Bonchev–Trinajstić information content (AvgIpc) is 2.46. The van der Waals surface area contributed by atoms with Crippen LogP contribution in [0.3, 0.4) is 0 Å². The maximum atomic E-state index is 5.71. The molecule has 1 N–H and O–H groups in total. The molecule has 6 nitrogen and oxygen atoms in total. The zero-order valence-electron chi connectivity index (χ0n) is 13.1. The van der Waals surface area contributed by atoms with Crippen molar-refractivity contribution in [2.24, 2.45) is 0 Å². The molecular weight excluding hydrogens is 266 g/mol. The monoisotopic (exact) mass is 287 g/mol. The zero-order valence-corrected chi connectivity index (χ0v) is 13.1. The molecule has 0 saturated heterocycles. The van der Waals surface area contributed by atoms with E-state index in [1.54, 1.807) is 7.05 Å². The van der Waals surface area contributed by atoms with Crippen molar-refractivity contribution in [1.29, 1.82) is 0 Å². The summed E-state index contributed by atoms with van der Waals surface area (Å²) in [7, 11) is 5.59. The molecule has 0 aliphatic carbocycles. The lowest BCUT2D eigenvalue weighted by Gasteiger charge is -2.13. The van der Waals surface area contributed by atoms with Gasteiger partial charge in [0.1, 0.15) is 5.75 Å². The second kappa shape index (κ2) is 6.39. The summed E-state index contributed by atoms with van der Waals surface area (Å²) in [5, 5.41) is 2.96. The molecule has 2 aromatic rings. The summed E-state index contributed by atoms with van der Waals surface area (Å²) in [6.45, 7) is 4.00. The highest BCUT2D eigenvalue weighted by Crippen LogP contribution is 2.23. The average molecular weight is 287 g/mol. The van der Waals surface area contributed by atoms with Gasteiger partial charge in [0.05, 0.1) is 6.10 Å². The number of hydrogen-bond donors (Lipinski definition) is 1. The number of anilines is 2. The summed E-state index contributed by atoms with van der Waals surface area (Å²) in [6.07, 6.45) is 0.129. The quantitative estimate of drug-likeness (QED) is 0.911. The molecule has 0 saturated carbocycles. The molecule has 0 amide bonds. The molecule has 0 spiro atoms. The van der Waals surface area contributed by atoms with Crippen molar-refractivity contribution in [2.45, 2.75) is 20.0 Å². The Balaban J connectivity index is 2.43. The molecule has 112 valence electrons. The minimum absolute atomic E-state index is 0.129. The summed E-state index contributed by atoms with van der Waals surface area (Å²) in [5.41, 5.74) is 0.898. The molecule has 1 aromatic carbocycles. The van der Waals surface area contributed by atoms with Crippen LogP contribution in [0.25, 0.3) is 11.4 Å². The lowest BCUT2D eigenvalue weighted by atomic mass is 10.2. The highest BCUT2D eigenvalue weighted by Gasteiger charge is 2.10. The topological polar surface area (TPSA) is 63.2 Å². The summed E-state index contributed by atoms with van der Waals surface area (Å²) < 4.78 is 5.71. The number of rotatable bonds is 5. The number of ether oxygens (including phenoxy) is 1. The molecule has 21 heavy (non-hydrogen) atoms. The molecule has 0 atom stereocenters. The standard InChI is InChI=1S/C15H21N5O/c1-10(2)21-12-8-6-7-11(9-12)13-17-14(16-3)19-15(18-13)20(4)5/h6-10H,1-5H3,(H,16,17,18,19). The van der Waals surface area contributed by atoms with Crippen LogP contribution in [-0.4, -0.2) is 42.2 Å². The normalized spacial score (nSPS) is 10.6. The molecular formula is C15H21N5O. The molecule has 0 bridgehead atoms. The van der Waals surface area contributed by atoms with E-state index in [9.17, 15) is 0 Å². The molecule has 0 aliphatic rings. The van der Waals surface area contributed by atoms with Crippen LogP contribution >= 0.6 is 0 Å². The first kappa shape index (κ1) is 15.0. The van der Waals surface area contributed by atoms with Crippen molar-refractivity contribution in [3.05, 3.63) is 24.3 Å². The Morgan fingerprint density at radius 2 is 1.90 bits per heavy atom. The third-order valence-corrected chi connectivity index (χ3v) is 2.71. The van der Waals surface area contributed by atoms with Gasteiger partial charge in [0.15, 0.2) is 5.82 Å². The second-order valence-electron chi connectivity index (χ2n) is 5.12. The SMILES string of the molecule is CNc1nc(-c2cccc(OC(C)C)c2)nc(N(C)C)n1. The summed E-state index contributed by atoms with van der Waals surface area (Å²) in [4.78, 5) is 15.0. The molecule has 0 radical (unpaired) electrons. The lowest BCUT2D eigenvalue weighted by Crippen LogP contribution is -2.15. The summed E-state index contributed by atoms with van der Waals surface area (Å²) in [5.74, 6) is 2.57. The Bertz CT molecular complexity index is 613. The van der Waals surface area contributed by atoms with Gasteiger partial charge in [0.25, 0.3) is 0 Å². The van der Waals surface area contributed by atoms with Crippen LogP contribution in [-0.2, 0) is 0 Å². The summed E-state index contributed by atoms with van der Waals surface area (Å²) >= 11 is 0. The molecule has 6 heteroatoms. The Morgan fingerprint density at radius 3 is 2.52 bits per heavy atom. The Labute approximate surface area is 125 Å². The molecule has 1 aromatic heterocycles. The second-order valence-corrected chi connectivity index (χ2v) is 5.12. The predicted octanol–water partition coefficient (Wildman–Crippen LogP) is 2.43. The van der Waals surface area contributed by atoms with Gasteiger partial charge in [-0.25, -0.2) is 0 Å². The van der Waals surface area contributed by atoms with E-state index in [4.69, 9.17) is 4.74 Å². The highest BCUT2D eigenvalue weighted by atomic mass is 16.5. The molecule has 2 rings (SSSR count).